The molecule has 0 atom stereocenters. The number of pyridine rings is 1. The highest BCUT2D eigenvalue weighted by molar-refractivity contribution is 6.33. The quantitative estimate of drug-likeness (QED) is 0.845. The van der Waals surface area contributed by atoms with E-state index in [0.29, 0.717) is 22.7 Å². The van der Waals surface area contributed by atoms with Crippen LogP contribution in [-0.4, -0.2) is 4.98 Å². The number of nitrogens with two attached hydrogens (primary N) is 1. The fourth-order valence-electron chi connectivity index (χ4n) is 1.30. The molecule has 19 heavy (non-hydrogen) atoms. The molecule has 2 rings (SSSR count). The minimum atomic E-state index is -4.42. The zero-order valence-electron chi connectivity index (χ0n) is 9.41. The van der Waals surface area contributed by atoms with E-state index in [1.807, 2.05) is 0 Å². The number of rotatable bonds is 2. The van der Waals surface area contributed by atoms with Crippen molar-refractivity contribution in [2.75, 3.05) is 5.73 Å². The first-order valence-corrected chi connectivity index (χ1v) is 5.50. The van der Waals surface area contributed by atoms with Crippen LogP contribution in [-0.2, 0) is 6.18 Å². The van der Waals surface area contributed by atoms with Crippen LogP contribution in [0.5, 0.6) is 11.6 Å². The van der Waals surface area contributed by atoms with Crippen molar-refractivity contribution in [3.8, 4) is 11.6 Å². The van der Waals surface area contributed by atoms with E-state index in [4.69, 9.17) is 22.1 Å². The molecule has 7 heteroatoms. The maximum atomic E-state index is 12.3. The van der Waals surface area contributed by atoms with Gasteiger partial charge in [0.15, 0.2) is 0 Å². The SMILES string of the molecule is Nc1ccc(Oc2ccc(C(F)(F)F)cn2)cc1Cl. The predicted octanol–water partition coefficient (Wildman–Crippen LogP) is 4.13. The van der Waals surface area contributed by atoms with Crippen molar-refractivity contribution in [2.45, 2.75) is 6.18 Å². The van der Waals surface area contributed by atoms with Gasteiger partial charge in [-0.3, -0.25) is 0 Å². The van der Waals surface area contributed by atoms with Crippen LogP contribution >= 0.6 is 11.6 Å². The Kier molecular flexibility index (Phi) is 3.53. The molecule has 2 aromatic rings. The highest BCUT2D eigenvalue weighted by Gasteiger charge is 2.30. The summed E-state index contributed by atoms with van der Waals surface area (Å²) in [6.45, 7) is 0. The van der Waals surface area contributed by atoms with E-state index in [2.05, 4.69) is 4.98 Å². The molecule has 1 heterocycles. The van der Waals surface area contributed by atoms with Crippen LogP contribution in [0.3, 0.4) is 0 Å². The molecule has 0 aliphatic rings. The first kappa shape index (κ1) is 13.5. The maximum Gasteiger partial charge on any atom is 0.417 e. The van der Waals surface area contributed by atoms with Crippen molar-refractivity contribution < 1.29 is 17.9 Å². The van der Waals surface area contributed by atoms with Crippen molar-refractivity contribution in [1.29, 1.82) is 0 Å². The van der Waals surface area contributed by atoms with E-state index in [1.54, 1.807) is 6.07 Å². The van der Waals surface area contributed by atoms with E-state index < -0.39 is 11.7 Å². The summed E-state index contributed by atoms with van der Waals surface area (Å²) >= 11 is 5.79. The average Bonchev–Trinajstić information content (AvgIpc) is 2.33. The molecule has 0 radical (unpaired) electrons. The average molecular weight is 289 g/mol. The molecule has 0 spiro atoms. The second-order valence-electron chi connectivity index (χ2n) is 3.67. The highest BCUT2D eigenvalue weighted by atomic mass is 35.5. The number of alkyl halides is 3. The lowest BCUT2D eigenvalue weighted by atomic mass is 10.3. The van der Waals surface area contributed by atoms with E-state index in [9.17, 15) is 13.2 Å². The van der Waals surface area contributed by atoms with Crippen molar-refractivity contribution in [2.24, 2.45) is 0 Å². The number of anilines is 1. The van der Waals surface area contributed by atoms with Crippen molar-refractivity contribution >= 4 is 17.3 Å². The lowest BCUT2D eigenvalue weighted by molar-refractivity contribution is -0.137. The number of nitrogen functional groups attached to an aromatic ring is 1. The Hall–Kier alpha value is -1.95. The first-order chi connectivity index (χ1) is 8.86. The molecular formula is C12H8ClF3N2O. The lowest BCUT2D eigenvalue weighted by Crippen LogP contribution is -2.05. The fraction of sp³-hybridized carbons (Fsp3) is 0.0833. The second-order valence-corrected chi connectivity index (χ2v) is 4.08. The summed E-state index contributed by atoms with van der Waals surface area (Å²) in [7, 11) is 0. The van der Waals surface area contributed by atoms with Crippen molar-refractivity contribution in [1.82, 2.24) is 4.98 Å². The zero-order chi connectivity index (χ0) is 14.0. The molecule has 0 aliphatic heterocycles. The number of aromatic nitrogens is 1. The van der Waals surface area contributed by atoms with Gasteiger partial charge in [-0.1, -0.05) is 11.6 Å². The molecule has 3 nitrogen and oxygen atoms in total. The van der Waals surface area contributed by atoms with Gasteiger partial charge < -0.3 is 10.5 Å². The van der Waals surface area contributed by atoms with Crippen LogP contribution < -0.4 is 10.5 Å². The van der Waals surface area contributed by atoms with Gasteiger partial charge in [-0.15, -0.1) is 0 Å². The van der Waals surface area contributed by atoms with Crippen LogP contribution in [0, 0.1) is 0 Å². The number of hydrogen-bond acceptors (Lipinski definition) is 3. The zero-order valence-corrected chi connectivity index (χ0v) is 10.2. The van der Waals surface area contributed by atoms with Crippen LogP contribution in [0.4, 0.5) is 18.9 Å². The van der Waals surface area contributed by atoms with Gasteiger partial charge >= 0.3 is 6.18 Å². The van der Waals surface area contributed by atoms with E-state index in [0.717, 1.165) is 12.1 Å². The topological polar surface area (TPSA) is 48.1 Å². The summed E-state index contributed by atoms with van der Waals surface area (Å²) < 4.78 is 42.3. The molecule has 1 aromatic carbocycles. The third-order valence-electron chi connectivity index (χ3n) is 2.26. The van der Waals surface area contributed by atoms with Gasteiger partial charge in [0.1, 0.15) is 5.75 Å². The van der Waals surface area contributed by atoms with Gasteiger partial charge in [0, 0.05) is 18.3 Å². The molecule has 0 amide bonds. The minimum absolute atomic E-state index is 0.0360. The maximum absolute atomic E-state index is 12.3. The third-order valence-corrected chi connectivity index (χ3v) is 2.59. The number of halogens is 4. The van der Waals surface area contributed by atoms with E-state index in [-0.39, 0.29) is 5.88 Å². The smallest absolute Gasteiger partial charge is 0.417 e. The normalized spacial score (nSPS) is 11.4. The number of ether oxygens (including phenoxy) is 1. The standard InChI is InChI=1S/C12H8ClF3N2O/c13-9-5-8(2-3-10(9)17)19-11-4-1-7(6-18-11)12(14,15)16/h1-6H,17H2. The summed E-state index contributed by atoms with van der Waals surface area (Å²) in [5.41, 5.74) is 5.07. The van der Waals surface area contributed by atoms with Gasteiger partial charge in [0.25, 0.3) is 0 Å². The van der Waals surface area contributed by atoms with Gasteiger partial charge in [-0.2, -0.15) is 13.2 Å². The molecule has 0 unspecified atom stereocenters. The molecule has 0 aliphatic carbocycles. The fourth-order valence-corrected chi connectivity index (χ4v) is 1.47. The Balaban J connectivity index is 2.17. The Labute approximate surface area is 111 Å². The predicted molar refractivity (Wildman–Crippen MR) is 65.2 cm³/mol. The van der Waals surface area contributed by atoms with Gasteiger partial charge in [0.2, 0.25) is 5.88 Å². The number of hydrogen-bond donors (Lipinski definition) is 1. The van der Waals surface area contributed by atoms with E-state index >= 15 is 0 Å². The molecular weight excluding hydrogens is 281 g/mol. The summed E-state index contributed by atoms with van der Waals surface area (Å²) in [4.78, 5) is 3.58. The van der Waals surface area contributed by atoms with Gasteiger partial charge in [0.05, 0.1) is 16.3 Å². The summed E-state index contributed by atoms with van der Waals surface area (Å²) in [5.74, 6) is 0.375. The van der Waals surface area contributed by atoms with Crippen LogP contribution in [0.15, 0.2) is 36.5 Å². The molecule has 0 saturated carbocycles. The molecule has 0 bridgehead atoms. The molecule has 0 fully saturated rings. The molecule has 100 valence electrons. The van der Waals surface area contributed by atoms with Crippen molar-refractivity contribution in [3.05, 3.63) is 47.1 Å². The van der Waals surface area contributed by atoms with Gasteiger partial charge in [-0.25, -0.2) is 4.98 Å². The first-order valence-electron chi connectivity index (χ1n) is 5.12. The Morgan fingerprint density at radius 3 is 2.42 bits per heavy atom. The summed E-state index contributed by atoms with van der Waals surface area (Å²) in [6, 6.07) is 6.55. The number of nitrogens with zero attached hydrogens (tertiary/aromatic N) is 1. The van der Waals surface area contributed by atoms with Crippen molar-refractivity contribution in [3.63, 3.8) is 0 Å². The highest BCUT2D eigenvalue weighted by Crippen LogP contribution is 2.31. The largest absolute Gasteiger partial charge is 0.439 e. The van der Waals surface area contributed by atoms with Crippen LogP contribution in [0.1, 0.15) is 5.56 Å². The van der Waals surface area contributed by atoms with Gasteiger partial charge in [-0.05, 0) is 18.2 Å². The third kappa shape index (κ3) is 3.29. The Bertz CT molecular complexity index is 585. The number of benzene rings is 1. The minimum Gasteiger partial charge on any atom is -0.439 e. The van der Waals surface area contributed by atoms with Crippen LogP contribution in [0.25, 0.3) is 0 Å². The Morgan fingerprint density at radius 1 is 1.16 bits per heavy atom. The van der Waals surface area contributed by atoms with E-state index in [1.165, 1.54) is 12.1 Å². The summed E-state index contributed by atoms with van der Waals surface area (Å²) in [6.07, 6.45) is -3.72. The molecule has 1 aromatic heterocycles. The molecule has 2 N–H and O–H groups in total. The monoisotopic (exact) mass is 288 g/mol. The Morgan fingerprint density at radius 2 is 1.89 bits per heavy atom. The second kappa shape index (κ2) is 4.97. The van der Waals surface area contributed by atoms with Crippen LogP contribution in [0.2, 0.25) is 5.02 Å². The molecule has 0 saturated heterocycles. The lowest BCUT2D eigenvalue weighted by Gasteiger charge is -2.08. The summed E-state index contributed by atoms with van der Waals surface area (Å²) in [5, 5.41) is 0.296.